The van der Waals surface area contributed by atoms with Gasteiger partial charge in [0.25, 0.3) is 5.91 Å². The van der Waals surface area contributed by atoms with Gasteiger partial charge in [0.2, 0.25) is 0 Å². The number of carboxylic acids is 1. The summed E-state index contributed by atoms with van der Waals surface area (Å²) in [5.74, 6) is -1.06. The number of hydrogen-bond donors (Lipinski definition) is 2. The number of phenols is 1. The molecule has 1 aliphatic heterocycles. The molecule has 5 nitrogen and oxygen atoms in total. The number of carbonyl (C=O) groups excluding carboxylic acids is 1. The first-order valence-corrected chi connectivity index (χ1v) is 7.87. The average molecular weight is 403 g/mol. The van der Waals surface area contributed by atoms with Gasteiger partial charge in [-0.15, -0.1) is 0 Å². The zero-order valence-electron chi connectivity index (χ0n) is 12.0. The highest BCUT2D eigenvalue weighted by Crippen LogP contribution is 2.38. The van der Waals surface area contributed by atoms with Crippen LogP contribution in [0.2, 0.25) is 0 Å². The van der Waals surface area contributed by atoms with E-state index in [1.807, 2.05) is 36.4 Å². The topological polar surface area (TPSA) is 77.8 Å². The van der Waals surface area contributed by atoms with Gasteiger partial charge in [0.1, 0.15) is 5.75 Å². The van der Waals surface area contributed by atoms with Gasteiger partial charge in [-0.25, -0.2) is 0 Å². The van der Waals surface area contributed by atoms with E-state index in [0.717, 1.165) is 0 Å². The number of phenolic OH excluding ortho intramolecular Hbond substituents is 1. The number of nitrogens with zero attached hydrogens (tertiary/aromatic N) is 1. The van der Waals surface area contributed by atoms with Crippen LogP contribution < -0.4 is 0 Å². The van der Waals surface area contributed by atoms with Crippen LogP contribution in [-0.2, 0) is 4.79 Å². The van der Waals surface area contributed by atoms with E-state index in [-0.39, 0.29) is 24.1 Å². The molecule has 1 aliphatic rings. The third kappa shape index (κ3) is 2.86. The summed E-state index contributed by atoms with van der Waals surface area (Å²) >= 11 is 1.98. The van der Waals surface area contributed by atoms with E-state index in [1.165, 1.54) is 6.07 Å². The van der Waals surface area contributed by atoms with Gasteiger partial charge in [-0.2, -0.15) is 0 Å². The van der Waals surface area contributed by atoms with Crippen LogP contribution in [0.1, 0.15) is 30.6 Å². The number of benzene rings is 1. The minimum absolute atomic E-state index is 0.0436. The molecule has 6 heteroatoms. The molecule has 1 unspecified atom stereocenters. The highest BCUT2D eigenvalue weighted by molar-refractivity contribution is 14.1. The standard InChI is InChI=1S/C15H18INO4/c1-9(2)15(14(20)21)5-6-17(8-15)13(19)10-3-4-11(16)12(18)7-10/h3-4,7,9,18H,5-6,8H2,1-2H3,(H,20,21). The molecule has 0 saturated carbocycles. The zero-order valence-corrected chi connectivity index (χ0v) is 14.1. The van der Waals surface area contributed by atoms with Gasteiger partial charge in [-0.3, -0.25) is 9.59 Å². The Kier molecular flexibility index (Phi) is 4.46. The first kappa shape index (κ1) is 16.1. The van der Waals surface area contributed by atoms with Crippen LogP contribution in [0.4, 0.5) is 0 Å². The fourth-order valence-corrected chi connectivity index (χ4v) is 3.06. The van der Waals surface area contributed by atoms with Crippen molar-refractivity contribution in [1.82, 2.24) is 4.90 Å². The van der Waals surface area contributed by atoms with Crippen LogP contribution in [0.15, 0.2) is 18.2 Å². The van der Waals surface area contributed by atoms with Gasteiger partial charge < -0.3 is 15.1 Å². The van der Waals surface area contributed by atoms with Gasteiger partial charge in [0.15, 0.2) is 0 Å². The van der Waals surface area contributed by atoms with E-state index in [1.54, 1.807) is 17.0 Å². The lowest BCUT2D eigenvalue weighted by atomic mass is 9.76. The number of rotatable bonds is 3. The van der Waals surface area contributed by atoms with Crippen molar-refractivity contribution in [1.29, 1.82) is 0 Å². The Balaban J connectivity index is 2.22. The number of carbonyl (C=O) groups is 2. The summed E-state index contributed by atoms with van der Waals surface area (Å²) in [5.41, 5.74) is -0.487. The molecule has 1 amide bonds. The van der Waals surface area contributed by atoms with Crippen molar-refractivity contribution >= 4 is 34.5 Å². The van der Waals surface area contributed by atoms with E-state index in [2.05, 4.69) is 0 Å². The maximum atomic E-state index is 12.5. The maximum absolute atomic E-state index is 12.5. The molecule has 0 aliphatic carbocycles. The Morgan fingerprint density at radius 2 is 2.05 bits per heavy atom. The summed E-state index contributed by atoms with van der Waals surface area (Å²) in [6, 6.07) is 4.76. The largest absolute Gasteiger partial charge is 0.507 e. The number of aliphatic carboxylic acids is 1. The average Bonchev–Trinajstić information content (AvgIpc) is 2.87. The van der Waals surface area contributed by atoms with E-state index >= 15 is 0 Å². The molecule has 2 N–H and O–H groups in total. The molecule has 1 aromatic carbocycles. The lowest BCUT2D eigenvalue weighted by Gasteiger charge is -2.28. The Bertz CT molecular complexity index is 587. The van der Waals surface area contributed by atoms with Gasteiger partial charge in [0, 0.05) is 18.7 Å². The predicted octanol–water partition coefficient (Wildman–Crippen LogP) is 2.57. The number of aromatic hydroxyl groups is 1. The third-order valence-electron chi connectivity index (χ3n) is 4.31. The van der Waals surface area contributed by atoms with Crippen molar-refractivity contribution in [2.75, 3.05) is 13.1 Å². The molecule has 1 atom stereocenters. The van der Waals surface area contributed by atoms with E-state index in [0.29, 0.717) is 22.1 Å². The second-order valence-corrected chi connectivity index (χ2v) is 6.92. The number of carboxylic acid groups (broad SMARTS) is 1. The smallest absolute Gasteiger partial charge is 0.311 e. The molecular weight excluding hydrogens is 385 g/mol. The molecule has 1 saturated heterocycles. The SMILES string of the molecule is CC(C)C1(C(=O)O)CCN(C(=O)c2ccc(I)c(O)c2)C1. The highest BCUT2D eigenvalue weighted by atomic mass is 127. The number of halogens is 1. The predicted molar refractivity (Wildman–Crippen MR) is 86.3 cm³/mol. The fourth-order valence-electron chi connectivity index (χ4n) is 2.73. The monoisotopic (exact) mass is 403 g/mol. The second kappa shape index (κ2) is 5.82. The molecule has 0 bridgehead atoms. The first-order valence-electron chi connectivity index (χ1n) is 6.79. The summed E-state index contributed by atoms with van der Waals surface area (Å²) in [6.45, 7) is 4.39. The lowest BCUT2D eigenvalue weighted by molar-refractivity contribution is -0.150. The van der Waals surface area contributed by atoms with Gasteiger partial charge >= 0.3 is 5.97 Å². The van der Waals surface area contributed by atoms with Crippen LogP contribution in [0.5, 0.6) is 5.75 Å². The Hall–Kier alpha value is -1.31. The quantitative estimate of drug-likeness (QED) is 0.761. The highest BCUT2D eigenvalue weighted by Gasteiger charge is 2.48. The first-order chi connectivity index (χ1) is 9.78. The van der Waals surface area contributed by atoms with Crippen LogP contribution >= 0.6 is 22.6 Å². The number of likely N-dealkylation sites (tertiary alicyclic amines) is 1. The number of hydrogen-bond acceptors (Lipinski definition) is 3. The molecule has 1 aromatic rings. The summed E-state index contributed by atoms with van der Waals surface area (Å²) in [6.07, 6.45) is 0.460. The van der Waals surface area contributed by atoms with E-state index < -0.39 is 11.4 Å². The van der Waals surface area contributed by atoms with Crippen LogP contribution in [-0.4, -0.2) is 40.1 Å². The Labute approximate surface area is 137 Å². The van der Waals surface area contributed by atoms with Crippen LogP contribution in [0, 0.1) is 14.9 Å². The van der Waals surface area contributed by atoms with Gasteiger partial charge in [0.05, 0.1) is 8.99 Å². The van der Waals surface area contributed by atoms with Crippen molar-refractivity contribution in [3.05, 3.63) is 27.3 Å². The fraction of sp³-hybridized carbons (Fsp3) is 0.467. The van der Waals surface area contributed by atoms with Crippen molar-refractivity contribution in [3.8, 4) is 5.75 Å². The molecule has 1 heterocycles. The Morgan fingerprint density at radius 3 is 2.52 bits per heavy atom. The summed E-state index contributed by atoms with van der Waals surface area (Å²) in [4.78, 5) is 25.6. The maximum Gasteiger partial charge on any atom is 0.311 e. The molecular formula is C15H18INO4. The van der Waals surface area contributed by atoms with Crippen molar-refractivity contribution in [2.45, 2.75) is 20.3 Å². The normalized spacial score (nSPS) is 21.8. The lowest BCUT2D eigenvalue weighted by Crippen LogP contribution is -2.40. The minimum atomic E-state index is -0.874. The zero-order chi connectivity index (χ0) is 15.8. The van der Waals surface area contributed by atoms with Crippen LogP contribution in [0.3, 0.4) is 0 Å². The molecule has 1 fully saturated rings. The van der Waals surface area contributed by atoms with Gasteiger partial charge in [-0.1, -0.05) is 13.8 Å². The van der Waals surface area contributed by atoms with Crippen LogP contribution in [0.25, 0.3) is 0 Å². The van der Waals surface area contributed by atoms with E-state index in [9.17, 15) is 19.8 Å². The molecule has 2 rings (SSSR count). The van der Waals surface area contributed by atoms with Crippen molar-refractivity contribution in [2.24, 2.45) is 11.3 Å². The molecule has 0 radical (unpaired) electrons. The summed E-state index contributed by atoms with van der Waals surface area (Å²) in [7, 11) is 0. The molecule has 21 heavy (non-hydrogen) atoms. The Morgan fingerprint density at radius 1 is 1.38 bits per heavy atom. The second-order valence-electron chi connectivity index (χ2n) is 5.76. The number of amides is 1. The third-order valence-corrected chi connectivity index (χ3v) is 5.22. The summed E-state index contributed by atoms with van der Waals surface area (Å²) < 4.78 is 0.674. The minimum Gasteiger partial charge on any atom is -0.507 e. The van der Waals surface area contributed by atoms with Crippen molar-refractivity contribution < 1.29 is 19.8 Å². The molecule has 0 spiro atoms. The van der Waals surface area contributed by atoms with Gasteiger partial charge in [-0.05, 0) is 53.1 Å². The summed E-state index contributed by atoms with van der Waals surface area (Å²) in [5, 5.41) is 19.2. The molecule has 0 aromatic heterocycles. The molecule has 114 valence electrons. The van der Waals surface area contributed by atoms with Crippen molar-refractivity contribution in [3.63, 3.8) is 0 Å². The van der Waals surface area contributed by atoms with E-state index in [4.69, 9.17) is 0 Å².